The Morgan fingerprint density at radius 3 is 3.06 bits per heavy atom. The molecule has 0 radical (unpaired) electrons. The summed E-state index contributed by atoms with van der Waals surface area (Å²) in [5, 5.41) is 3.94. The Kier molecular flexibility index (Phi) is 3.22. The van der Waals surface area contributed by atoms with Gasteiger partial charge in [-0.3, -0.25) is 0 Å². The van der Waals surface area contributed by atoms with Crippen molar-refractivity contribution in [2.24, 2.45) is 22.4 Å². The molecule has 0 aromatic rings. The van der Waals surface area contributed by atoms with Gasteiger partial charge in [0.25, 0.3) is 0 Å². The van der Waals surface area contributed by atoms with Crippen LogP contribution in [0.4, 0.5) is 4.79 Å². The number of nitrogens with zero attached hydrogens (tertiary/aromatic N) is 1. The number of hydrogen-bond acceptors (Lipinski definition) is 3. The summed E-state index contributed by atoms with van der Waals surface area (Å²) in [5.41, 5.74) is 4.00. The lowest BCUT2D eigenvalue weighted by Gasteiger charge is -2.55. The summed E-state index contributed by atoms with van der Waals surface area (Å²) in [7, 11) is 0. The third-order valence-corrected chi connectivity index (χ3v) is 4.16. The molecule has 1 fully saturated rings. The number of amides is 1. The van der Waals surface area contributed by atoms with E-state index in [2.05, 4.69) is 30.5 Å². The summed E-state index contributed by atoms with van der Waals surface area (Å²) in [6.45, 7) is 6.75. The van der Waals surface area contributed by atoms with Crippen LogP contribution in [0.15, 0.2) is 16.8 Å². The van der Waals surface area contributed by atoms with Crippen molar-refractivity contribution in [3.63, 3.8) is 0 Å². The zero-order valence-corrected chi connectivity index (χ0v) is 10.7. The molecule has 3 aliphatic carbocycles. The zero-order chi connectivity index (χ0) is 12.5. The average molecular weight is 236 g/mol. The molecule has 4 heteroatoms. The van der Waals surface area contributed by atoms with Gasteiger partial charge in [0.05, 0.1) is 12.8 Å². The smallest absolute Gasteiger partial charge is 0.427 e. The van der Waals surface area contributed by atoms with E-state index in [9.17, 15) is 4.79 Å². The van der Waals surface area contributed by atoms with Gasteiger partial charge in [0.15, 0.2) is 0 Å². The molecule has 0 saturated heterocycles. The highest BCUT2D eigenvalue weighted by Gasteiger charge is 2.50. The highest BCUT2D eigenvalue weighted by atomic mass is 16.5. The fraction of sp³-hybridized carbons (Fsp3) is 0.692. The fourth-order valence-electron chi connectivity index (χ4n) is 2.87. The van der Waals surface area contributed by atoms with Crippen molar-refractivity contribution in [3.8, 4) is 0 Å². The highest BCUT2D eigenvalue weighted by molar-refractivity contribution is 5.81. The number of rotatable bonds is 3. The molecule has 0 aromatic heterocycles. The molecular weight excluding hydrogens is 216 g/mol. The summed E-state index contributed by atoms with van der Waals surface area (Å²) in [6, 6.07) is 0. The number of hydrogen-bond donors (Lipinski definition) is 1. The Balaban J connectivity index is 1.90. The van der Waals surface area contributed by atoms with Crippen LogP contribution < -0.4 is 5.43 Å². The van der Waals surface area contributed by atoms with Gasteiger partial charge >= 0.3 is 6.09 Å². The van der Waals surface area contributed by atoms with E-state index < -0.39 is 6.09 Å². The van der Waals surface area contributed by atoms with E-state index in [1.54, 1.807) is 13.1 Å². The van der Waals surface area contributed by atoms with Crippen LogP contribution in [0.25, 0.3) is 0 Å². The SMILES string of the molecule is CCOC(=O)NN=CC1=CCC2CC1C2(C)C. The quantitative estimate of drug-likeness (QED) is 0.605. The monoisotopic (exact) mass is 236 g/mol. The zero-order valence-electron chi connectivity index (χ0n) is 10.7. The number of carbonyl (C=O) groups excluding carboxylic acids is 1. The predicted molar refractivity (Wildman–Crippen MR) is 66.7 cm³/mol. The van der Waals surface area contributed by atoms with Crippen LogP contribution in [0.5, 0.6) is 0 Å². The number of ether oxygens (including phenoxy) is 1. The highest BCUT2D eigenvalue weighted by Crippen LogP contribution is 2.58. The second-order valence-electron chi connectivity index (χ2n) is 5.34. The van der Waals surface area contributed by atoms with E-state index in [1.165, 1.54) is 12.0 Å². The summed E-state index contributed by atoms with van der Waals surface area (Å²) >= 11 is 0. The van der Waals surface area contributed by atoms with E-state index in [4.69, 9.17) is 4.74 Å². The van der Waals surface area contributed by atoms with Crippen LogP contribution in [-0.2, 0) is 4.74 Å². The van der Waals surface area contributed by atoms with Crippen LogP contribution in [0.3, 0.4) is 0 Å². The van der Waals surface area contributed by atoms with Gasteiger partial charge in [-0.25, -0.2) is 10.2 Å². The first-order valence-corrected chi connectivity index (χ1v) is 6.21. The molecule has 17 heavy (non-hydrogen) atoms. The Labute approximate surface area is 102 Å². The van der Waals surface area contributed by atoms with E-state index in [0.717, 1.165) is 12.3 Å². The van der Waals surface area contributed by atoms with Gasteiger partial charge in [-0.05, 0) is 42.6 Å². The van der Waals surface area contributed by atoms with Gasteiger partial charge in [0.1, 0.15) is 0 Å². The normalized spacial score (nSPS) is 29.5. The van der Waals surface area contributed by atoms with Crippen molar-refractivity contribution >= 4 is 12.3 Å². The lowest BCUT2D eigenvalue weighted by Crippen LogP contribution is -2.48. The van der Waals surface area contributed by atoms with Gasteiger partial charge in [-0.2, -0.15) is 5.10 Å². The maximum atomic E-state index is 11.0. The summed E-state index contributed by atoms with van der Waals surface area (Å²) in [6.07, 6.45) is 5.89. The molecule has 1 amide bonds. The van der Waals surface area contributed by atoms with Crippen molar-refractivity contribution in [2.75, 3.05) is 6.61 Å². The molecular formula is C13H20N2O2. The van der Waals surface area contributed by atoms with Crippen LogP contribution in [0, 0.1) is 17.3 Å². The molecule has 0 spiro atoms. The van der Waals surface area contributed by atoms with Gasteiger partial charge in [-0.15, -0.1) is 0 Å². The number of carbonyl (C=O) groups is 1. The number of nitrogens with one attached hydrogen (secondary N) is 1. The Morgan fingerprint density at radius 1 is 1.71 bits per heavy atom. The molecule has 94 valence electrons. The maximum Gasteiger partial charge on any atom is 0.427 e. The average Bonchev–Trinajstić information content (AvgIpc) is 2.29. The van der Waals surface area contributed by atoms with Crippen LogP contribution in [0.2, 0.25) is 0 Å². The molecule has 3 rings (SSSR count). The first-order valence-electron chi connectivity index (χ1n) is 6.21. The first kappa shape index (κ1) is 12.1. The second-order valence-corrected chi connectivity index (χ2v) is 5.34. The maximum absolute atomic E-state index is 11.0. The number of fused-ring (bicyclic) bond motifs is 1. The minimum absolute atomic E-state index is 0.362. The molecule has 1 N–H and O–H groups in total. The van der Waals surface area contributed by atoms with Gasteiger partial charge < -0.3 is 4.74 Å². The van der Waals surface area contributed by atoms with E-state index in [0.29, 0.717) is 17.9 Å². The first-order chi connectivity index (χ1) is 8.05. The standard InChI is InChI=1S/C13H20N2O2/c1-4-17-12(16)15-14-8-9-5-6-10-7-11(9)13(10,2)3/h5,8,10-11H,4,6-7H2,1-3H3,(H,15,16). The molecule has 3 aliphatic rings. The molecule has 2 unspecified atom stereocenters. The lowest BCUT2D eigenvalue weighted by molar-refractivity contribution is -0.00126. The topological polar surface area (TPSA) is 50.7 Å². The van der Waals surface area contributed by atoms with Crippen LogP contribution >= 0.6 is 0 Å². The third kappa shape index (κ3) is 2.21. The Bertz CT molecular complexity index is 372. The third-order valence-electron chi connectivity index (χ3n) is 4.16. The lowest BCUT2D eigenvalue weighted by atomic mass is 9.49. The molecule has 0 aliphatic heterocycles. The summed E-state index contributed by atoms with van der Waals surface area (Å²) in [5.74, 6) is 1.41. The van der Waals surface area contributed by atoms with Gasteiger partial charge in [-0.1, -0.05) is 19.9 Å². The molecule has 0 heterocycles. The van der Waals surface area contributed by atoms with E-state index >= 15 is 0 Å². The van der Waals surface area contributed by atoms with Crippen molar-refractivity contribution in [1.82, 2.24) is 5.43 Å². The van der Waals surface area contributed by atoms with Crippen molar-refractivity contribution in [3.05, 3.63) is 11.6 Å². The fourth-order valence-corrected chi connectivity index (χ4v) is 2.87. The molecule has 4 nitrogen and oxygen atoms in total. The summed E-state index contributed by atoms with van der Waals surface area (Å²) < 4.78 is 4.73. The largest absolute Gasteiger partial charge is 0.449 e. The molecule has 1 saturated carbocycles. The van der Waals surface area contributed by atoms with Crippen molar-refractivity contribution in [1.29, 1.82) is 0 Å². The van der Waals surface area contributed by atoms with Crippen LogP contribution in [-0.4, -0.2) is 18.9 Å². The predicted octanol–water partition coefficient (Wildman–Crippen LogP) is 2.71. The van der Waals surface area contributed by atoms with E-state index in [1.807, 2.05) is 0 Å². The Hall–Kier alpha value is -1.32. The summed E-state index contributed by atoms with van der Waals surface area (Å²) in [4.78, 5) is 11.0. The van der Waals surface area contributed by atoms with Crippen molar-refractivity contribution < 1.29 is 9.53 Å². The minimum Gasteiger partial charge on any atom is -0.449 e. The van der Waals surface area contributed by atoms with Gasteiger partial charge in [0.2, 0.25) is 0 Å². The minimum atomic E-state index is -0.495. The number of allylic oxidation sites excluding steroid dienone is 2. The van der Waals surface area contributed by atoms with E-state index in [-0.39, 0.29) is 0 Å². The van der Waals surface area contributed by atoms with Gasteiger partial charge in [0, 0.05) is 0 Å². The molecule has 0 aromatic carbocycles. The number of hydrazone groups is 1. The van der Waals surface area contributed by atoms with Crippen molar-refractivity contribution in [2.45, 2.75) is 33.6 Å². The van der Waals surface area contributed by atoms with Crippen LogP contribution in [0.1, 0.15) is 33.6 Å². The Morgan fingerprint density at radius 2 is 2.47 bits per heavy atom. The molecule has 2 atom stereocenters. The molecule has 2 bridgehead atoms. The second kappa shape index (κ2) is 4.51.